The van der Waals surface area contributed by atoms with E-state index in [1.54, 1.807) is 4.90 Å². The van der Waals surface area contributed by atoms with Crippen LogP contribution in [0.3, 0.4) is 0 Å². The van der Waals surface area contributed by atoms with Crippen LogP contribution in [0.2, 0.25) is 0 Å². The average Bonchev–Trinajstić information content (AvgIpc) is 2.58. The van der Waals surface area contributed by atoms with Gasteiger partial charge >= 0.3 is 12.1 Å². The van der Waals surface area contributed by atoms with Gasteiger partial charge in [0.1, 0.15) is 5.60 Å². The number of carbonyl (C=O) groups excluding carboxylic acids is 2. The number of ether oxygens (including phenoxy) is 1. The molecule has 4 aliphatic carbocycles. The van der Waals surface area contributed by atoms with Crippen molar-refractivity contribution in [3.05, 3.63) is 0 Å². The molecule has 6 heteroatoms. The van der Waals surface area contributed by atoms with Crippen LogP contribution in [-0.4, -0.2) is 48.3 Å². The number of hydrogen-bond donors (Lipinski definition) is 2. The van der Waals surface area contributed by atoms with Crippen molar-refractivity contribution in [2.75, 3.05) is 19.6 Å². The predicted octanol–water partition coefficient (Wildman–Crippen LogP) is 3.90. The highest BCUT2D eigenvalue weighted by atomic mass is 16.6. The lowest BCUT2D eigenvalue weighted by molar-refractivity contribution is -0.0498. The summed E-state index contributed by atoms with van der Waals surface area (Å²) in [6.45, 7) is 7.75. The Labute approximate surface area is 169 Å². The summed E-state index contributed by atoms with van der Waals surface area (Å²) in [6, 6.07) is 0.0986. The number of nitrogens with zero attached hydrogens (tertiary/aromatic N) is 1. The van der Waals surface area contributed by atoms with E-state index in [0.717, 1.165) is 37.1 Å². The van der Waals surface area contributed by atoms with Gasteiger partial charge in [0.25, 0.3) is 0 Å². The standard InChI is InChI=1S/C22H37N3O3/c1-21(2,3)28-20(27)25-6-4-18(5-7-25)24-19(26)23-14-22-11-15-8-16(12-22)10-17(9-15)13-22/h15-18H,4-14H2,1-3H3,(H2,23,24,26). The van der Waals surface area contributed by atoms with E-state index in [1.165, 1.54) is 38.5 Å². The van der Waals surface area contributed by atoms with Crippen LogP contribution in [-0.2, 0) is 4.74 Å². The van der Waals surface area contributed by atoms with E-state index in [4.69, 9.17) is 4.74 Å². The lowest BCUT2D eigenvalue weighted by Gasteiger charge is -2.56. The number of rotatable bonds is 3. The highest BCUT2D eigenvalue weighted by Crippen LogP contribution is 2.59. The Bertz CT molecular complexity index is 569. The molecule has 0 aromatic heterocycles. The van der Waals surface area contributed by atoms with Gasteiger partial charge in [0.05, 0.1) is 0 Å². The second-order valence-corrected chi connectivity index (χ2v) is 11.0. The second-order valence-electron chi connectivity index (χ2n) is 11.0. The Morgan fingerprint density at radius 2 is 1.54 bits per heavy atom. The number of hydrogen-bond acceptors (Lipinski definition) is 3. The number of urea groups is 1. The van der Waals surface area contributed by atoms with Crippen molar-refractivity contribution in [2.45, 2.75) is 83.8 Å². The zero-order chi connectivity index (χ0) is 19.9. The van der Waals surface area contributed by atoms with Gasteiger partial charge in [-0.15, -0.1) is 0 Å². The van der Waals surface area contributed by atoms with Crippen LogP contribution in [0.5, 0.6) is 0 Å². The molecule has 0 spiro atoms. The van der Waals surface area contributed by atoms with Crippen LogP contribution in [0, 0.1) is 23.2 Å². The lowest BCUT2D eigenvalue weighted by atomic mass is 9.49. The summed E-state index contributed by atoms with van der Waals surface area (Å²) in [6.07, 6.45) is 9.55. The van der Waals surface area contributed by atoms with Crippen LogP contribution in [0.25, 0.3) is 0 Å². The Morgan fingerprint density at radius 3 is 2.04 bits per heavy atom. The zero-order valence-electron chi connectivity index (χ0n) is 17.8. The first kappa shape index (κ1) is 19.8. The van der Waals surface area contributed by atoms with Crippen molar-refractivity contribution < 1.29 is 14.3 Å². The SMILES string of the molecule is CC(C)(C)OC(=O)N1CCC(NC(=O)NCC23CC4CC(CC(C4)C2)C3)CC1. The van der Waals surface area contributed by atoms with Gasteiger partial charge < -0.3 is 20.3 Å². The third-order valence-corrected chi connectivity index (χ3v) is 7.27. The summed E-state index contributed by atoms with van der Waals surface area (Å²) in [5.74, 6) is 2.73. The molecule has 0 atom stereocenters. The molecule has 5 fully saturated rings. The van der Waals surface area contributed by atoms with Crippen LogP contribution in [0.4, 0.5) is 9.59 Å². The van der Waals surface area contributed by atoms with E-state index in [-0.39, 0.29) is 18.2 Å². The van der Waals surface area contributed by atoms with Crippen molar-refractivity contribution in [1.29, 1.82) is 0 Å². The summed E-state index contributed by atoms with van der Waals surface area (Å²) >= 11 is 0. The van der Waals surface area contributed by atoms with Crippen molar-refractivity contribution in [1.82, 2.24) is 15.5 Å². The molecule has 1 heterocycles. The minimum Gasteiger partial charge on any atom is -0.444 e. The van der Waals surface area contributed by atoms with Crippen molar-refractivity contribution in [3.63, 3.8) is 0 Å². The largest absolute Gasteiger partial charge is 0.444 e. The molecule has 0 aromatic rings. The predicted molar refractivity (Wildman–Crippen MR) is 108 cm³/mol. The average molecular weight is 392 g/mol. The number of piperidine rings is 1. The fourth-order valence-corrected chi connectivity index (χ4v) is 6.54. The summed E-state index contributed by atoms with van der Waals surface area (Å²) in [4.78, 5) is 26.4. The summed E-state index contributed by atoms with van der Waals surface area (Å²) in [7, 11) is 0. The van der Waals surface area contributed by atoms with Crippen molar-refractivity contribution >= 4 is 12.1 Å². The minimum absolute atomic E-state index is 0.0357. The third-order valence-electron chi connectivity index (χ3n) is 7.27. The van der Waals surface area contributed by atoms with Gasteiger partial charge in [-0.2, -0.15) is 0 Å². The smallest absolute Gasteiger partial charge is 0.410 e. The van der Waals surface area contributed by atoms with E-state index >= 15 is 0 Å². The Kier molecular flexibility index (Phi) is 5.25. The number of amides is 3. The highest BCUT2D eigenvalue weighted by molar-refractivity contribution is 5.74. The first-order chi connectivity index (χ1) is 13.2. The molecule has 0 radical (unpaired) electrons. The quantitative estimate of drug-likeness (QED) is 0.766. The molecule has 1 saturated heterocycles. The first-order valence-electron chi connectivity index (χ1n) is 11.2. The van der Waals surface area contributed by atoms with Gasteiger partial charge in [0.15, 0.2) is 0 Å². The normalized spacial score (nSPS) is 35.0. The Hall–Kier alpha value is -1.46. The molecule has 6 nitrogen and oxygen atoms in total. The van der Waals surface area contributed by atoms with Crippen molar-refractivity contribution in [3.8, 4) is 0 Å². The number of carbonyl (C=O) groups is 2. The molecular weight excluding hydrogens is 354 g/mol. The molecule has 0 aromatic carbocycles. The van der Waals surface area contributed by atoms with Gasteiger partial charge in [-0.25, -0.2) is 9.59 Å². The zero-order valence-corrected chi connectivity index (χ0v) is 17.8. The molecule has 28 heavy (non-hydrogen) atoms. The van der Waals surface area contributed by atoms with Crippen LogP contribution >= 0.6 is 0 Å². The molecular formula is C22H37N3O3. The van der Waals surface area contributed by atoms with E-state index in [9.17, 15) is 9.59 Å². The highest BCUT2D eigenvalue weighted by Gasteiger charge is 2.50. The fourth-order valence-electron chi connectivity index (χ4n) is 6.54. The van der Waals surface area contributed by atoms with Crippen LogP contribution < -0.4 is 10.6 Å². The van der Waals surface area contributed by atoms with E-state index in [1.807, 2.05) is 20.8 Å². The van der Waals surface area contributed by atoms with Gasteiger partial charge in [-0.05, 0) is 95.3 Å². The molecule has 5 rings (SSSR count). The third kappa shape index (κ3) is 4.57. The molecule has 5 aliphatic rings. The number of nitrogens with one attached hydrogen (secondary N) is 2. The molecule has 4 bridgehead atoms. The minimum atomic E-state index is -0.469. The van der Waals surface area contributed by atoms with Gasteiger partial charge in [0.2, 0.25) is 0 Å². The maximum absolute atomic E-state index is 12.5. The lowest BCUT2D eigenvalue weighted by Crippen LogP contribution is -2.54. The van der Waals surface area contributed by atoms with Gasteiger partial charge in [-0.3, -0.25) is 0 Å². The molecule has 0 unspecified atom stereocenters. The monoisotopic (exact) mass is 391 g/mol. The molecule has 158 valence electrons. The maximum Gasteiger partial charge on any atom is 0.410 e. The first-order valence-corrected chi connectivity index (χ1v) is 11.2. The van der Waals surface area contributed by atoms with E-state index in [0.29, 0.717) is 18.5 Å². The number of likely N-dealkylation sites (tertiary alicyclic amines) is 1. The van der Waals surface area contributed by atoms with Gasteiger partial charge in [-0.1, -0.05) is 0 Å². The summed E-state index contributed by atoms with van der Waals surface area (Å²) in [5.41, 5.74) is -0.102. The second kappa shape index (κ2) is 7.42. The molecule has 4 saturated carbocycles. The van der Waals surface area contributed by atoms with Crippen LogP contribution in [0.1, 0.15) is 72.1 Å². The van der Waals surface area contributed by atoms with E-state index < -0.39 is 5.60 Å². The Morgan fingerprint density at radius 1 is 1.00 bits per heavy atom. The maximum atomic E-state index is 12.5. The van der Waals surface area contributed by atoms with Gasteiger partial charge in [0, 0.05) is 25.7 Å². The van der Waals surface area contributed by atoms with Crippen molar-refractivity contribution in [2.24, 2.45) is 23.2 Å². The molecule has 2 N–H and O–H groups in total. The van der Waals surface area contributed by atoms with Crippen LogP contribution in [0.15, 0.2) is 0 Å². The fraction of sp³-hybridized carbons (Fsp3) is 0.909. The van der Waals surface area contributed by atoms with E-state index in [2.05, 4.69) is 10.6 Å². The molecule has 1 aliphatic heterocycles. The summed E-state index contributed by atoms with van der Waals surface area (Å²) < 4.78 is 5.44. The Balaban J connectivity index is 1.19. The topological polar surface area (TPSA) is 70.7 Å². The molecule has 3 amide bonds. The summed E-state index contributed by atoms with van der Waals surface area (Å²) in [5, 5.41) is 6.33.